The van der Waals surface area contributed by atoms with Gasteiger partial charge in [0.15, 0.2) is 5.92 Å². The number of ether oxygens (including phenoxy) is 2. The van der Waals surface area contributed by atoms with Gasteiger partial charge < -0.3 is 9.47 Å². The van der Waals surface area contributed by atoms with Gasteiger partial charge in [-0.05, 0) is 6.92 Å². The molecule has 0 N–H and O–H groups in total. The molecule has 0 unspecified atom stereocenters. The SMILES string of the molecule is C=C[C@@H](C(=C)C)C(C(=O)OC)C(=O)OC. The Labute approximate surface area is 89.6 Å². The predicted molar refractivity (Wildman–Crippen MR) is 56.0 cm³/mol. The van der Waals surface area contributed by atoms with Crippen LogP contribution in [0.5, 0.6) is 0 Å². The Kier molecular flexibility index (Phi) is 5.37. The first-order valence-electron chi connectivity index (χ1n) is 4.43. The summed E-state index contributed by atoms with van der Waals surface area (Å²) in [7, 11) is 2.44. The third-order valence-corrected chi connectivity index (χ3v) is 2.09. The Hall–Kier alpha value is -1.58. The third-order valence-electron chi connectivity index (χ3n) is 2.09. The molecule has 0 saturated heterocycles. The summed E-state index contributed by atoms with van der Waals surface area (Å²) in [4.78, 5) is 22.8. The van der Waals surface area contributed by atoms with E-state index in [2.05, 4.69) is 22.6 Å². The number of carbonyl (C=O) groups is 2. The van der Waals surface area contributed by atoms with Crippen LogP contribution in [-0.4, -0.2) is 26.2 Å². The van der Waals surface area contributed by atoms with Crippen molar-refractivity contribution in [2.75, 3.05) is 14.2 Å². The fourth-order valence-corrected chi connectivity index (χ4v) is 1.27. The molecule has 0 saturated carbocycles. The minimum absolute atomic E-state index is 0.468. The summed E-state index contributed by atoms with van der Waals surface area (Å²) in [5.74, 6) is -2.77. The van der Waals surface area contributed by atoms with Gasteiger partial charge in [-0.2, -0.15) is 0 Å². The highest BCUT2D eigenvalue weighted by Gasteiger charge is 2.35. The highest BCUT2D eigenvalue weighted by Crippen LogP contribution is 2.23. The van der Waals surface area contributed by atoms with Gasteiger partial charge in [0.05, 0.1) is 14.2 Å². The topological polar surface area (TPSA) is 52.6 Å². The van der Waals surface area contributed by atoms with Crippen LogP contribution in [0.25, 0.3) is 0 Å². The Bertz CT molecular complexity index is 264. The lowest BCUT2D eigenvalue weighted by atomic mass is 9.87. The van der Waals surface area contributed by atoms with E-state index in [0.717, 1.165) is 0 Å². The molecular weight excluding hydrogens is 196 g/mol. The lowest BCUT2D eigenvalue weighted by Gasteiger charge is -2.20. The lowest BCUT2D eigenvalue weighted by molar-refractivity contribution is -0.160. The van der Waals surface area contributed by atoms with Crippen molar-refractivity contribution in [2.45, 2.75) is 6.92 Å². The van der Waals surface area contributed by atoms with Crippen molar-refractivity contribution < 1.29 is 19.1 Å². The molecule has 84 valence electrons. The fourth-order valence-electron chi connectivity index (χ4n) is 1.27. The smallest absolute Gasteiger partial charge is 0.321 e. The maximum atomic E-state index is 11.4. The van der Waals surface area contributed by atoms with Crippen LogP contribution in [0.4, 0.5) is 0 Å². The first-order chi connectivity index (χ1) is 6.99. The fraction of sp³-hybridized carbons (Fsp3) is 0.455. The molecule has 0 radical (unpaired) electrons. The molecule has 0 spiro atoms. The average molecular weight is 212 g/mol. The van der Waals surface area contributed by atoms with Gasteiger partial charge in [-0.25, -0.2) is 0 Å². The highest BCUT2D eigenvalue weighted by atomic mass is 16.5. The monoisotopic (exact) mass is 212 g/mol. The molecule has 0 aliphatic rings. The summed E-state index contributed by atoms with van der Waals surface area (Å²) >= 11 is 0. The molecule has 0 bridgehead atoms. The number of esters is 2. The van der Waals surface area contributed by atoms with Gasteiger partial charge in [0.1, 0.15) is 0 Å². The molecule has 0 fully saturated rings. The zero-order chi connectivity index (χ0) is 12.0. The molecular formula is C11H16O4. The molecule has 0 aromatic rings. The van der Waals surface area contributed by atoms with Crippen molar-refractivity contribution in [3.63, 3.8) is 0 Å². The Morgan fingerprint density at radius 1 is 1.20 bits per heavy atom. The molecule has 0 heterocycles. The predicted octanol–water partition coefficient (Wildman–Crippen LogP) is 1.33. The van der Waals surface area contributed by atoms with Gasteiger partial charge in [-0.1, -0.05) is 18.2 Å². The molecule has 0 amide bonds. The van der Waals surface area contributed by atoms with Crippen LogP contribution in [0.3, 0.4) is 0 Å². The van der Waals surface area contributed by atoms with E-state index in [-0.39, 0.29) is 0 Å². The van der Waals surface area contributed by atoms with E-state index in [1.165, 1.54) is 20.3 Å². The number of carbonyl (C=O) groups excluding carboxylic acids is 2. The molecule has 0 rings (SSSR count). The molecule has 1 atom stereocenters. The molecule has 0 aromatic carbocycles. The molecule has 15 heavy (non-hydrogen) atoms. The standard InChI is InChI=1S/C11H16O4/c1-6-8(7(2)3)9(10(12)14-4)11(13)15-5/h6,8-9H,1-2H2,3-5H3/t8-/m0/s1. The van der Waals surface area contributed by atoms with Crippen LogP contribution in [0, 0.1) is 11.8 Å². The highest BCUT2D eigenvalue weighted by molar-refractivity contribution is 5.95. The maximum Gasteiger partial charge on any atom is 0.321 e. The summed E-state index contributed by atoms with van der Waals surface area (Å²) in [6.45, 7) is 8.97. The normalized spacial score (nSPS) is 11.7. The molecule has 0 aliphatic heterocycles. The van der Waals surface area contributed by atoms with Gasteiger partial charge in [0.25, 0.3) is 0 Å². The minimum atomic E-state index is -1.02. The lowest BCUT2D eigenvalue weighted by Crippen LogP contribution is -2.33. The van der Waals surface area contributed by atoms with Gasteiger partial charge in [0, 0.05) is 5.92 Å². The van der Waals surface area contributed by atoms with Crippen LogP contribution in [0.1, 0.15) is 6.92 Å². The zero-order valence-corrected chi connectivity index (χ0v) is 9.28. The van der Waals surface area contributed by atoms with E-state index in [1.54, 1.807) is 6.92 Å². The summed E-state index contributed by atoms with van der Waals surface area (Å²) in [5.41, 5.74) is 0.658. The van der Waals surface area contributed by atoms with Crippen LogP contribution in [0.15, 0.2) is 24.8 Å². The van der Waals surface area contributed by atoms with Crippen molar-refractivity contribution in [1.29, 1.82) is 0 Å². The Morgan fingerprint density at radius 3 is 1.80 bits per heavy atom. The van der Waals surface area contributed by atoms with E-state index in [4.69, 9.17) is 0 Å². The number of methoxy groups -OCH3 is 2. The third kappa shape index (κ3) is 3.23. The van der Waals surface area contributed by atoms with E-state index in [0.29, 0.717) is 5.57 Å². The average Bonchev–Trinajstić information content (AvgIpc) is 2.23. The summed E-state index contributed by atoms with van der Waals surface area (Å²) in [6, 6.07) is 0. The van der Waals surface area contributed by atoms with Gasteiger partial charge in [-0.3, -0.25) is 9.59 Å². The molecule has 0 aliphatic carbocycles. The number of allylic oxidation sites excluding steroid dienone is 2. The Balaban J connectivity index is 5.06. The van der Waals surface area contributed by atoms with Crippen molar-refractivity contribution in [1.82, 2.24) is 0 Å². The van der Waals surface area contributed by atoms with Gasteiger partial charge in [0.2, 0.25) is 0 Å². The van der Waals surface area contributed by atoms with Gasteiger partial charge in [-0.15, -0.1) is 6.58 Å². The first kappa shape index (κ1) is 13.4. The number of hydrogen-bond donors (Lipinski definition) is 0. The van der Waals surface area contributed by atoms with E-state index < -0.39 is 23.8 Å². The van der Waals surface area contributed by atoms with Crippen LogP contribution in [0.2, 0.25) is 0 Å². The van der Waals surface area contributed by atoms with Crippen molar-refractivity contribution in [2.24, 2.45) is 11.8 Å². The summed E-state index contributed by atoms with van der Waals surface area (Å²) < 4.78 is 9.08. The van der Waals surface area contributed by atoms with E-state index >= 15 is 0 Å². The number of hydrogen-bond acceptors (Lipinski definition) is 4. The maximum absolute atomic E-state index is 11.4. The second-order valence-corrected chi connectivity index (χ2v) is 3.13. The summed E-state index contributed by atoms with van der Waals surface area (Å²) in [6.07, 6.45) is 1.49. The van der Waals surface area contributed by atoms with Crippen molar-refractivity contribution >= 4 is 11.9 Å². The minimum Gasteiger partial charge on any atom is -0.468 e. The van der Waals surface area contributed by atoms with Crippen molar-refractivity contribution in [3.05, 3.63) is 24.8 Å². The summed E-state index contributed by atoms with van der Waals surface area (Å²) in [5, 5.41) is 0. The second-order valence-electron chi connectivity index (χ2n) is 3.13. The van der Waals surface area contributed by atoms with E-state index in [9.17, 15) is 9.59 Å². The van der Waals surface area contributed by atoms with Crippen LogP contribution >= 0.6 is 0 Å². The quantitative estimate of drug-likeness (QED) is 0.392. The second kappa shape index (κ2) is 6.01. The van der Waals surface area contributed by atoms with Crippen LogP contribution < -0.4 is 0 Å². The molecule has 0 aromatic heterocycles. The first-order valence-corrected chi connectivity index (χ1v) is 4.43. The zero-order valence-electron chi connectivity index (χ0n) is 9.28. The largest absolute Gasteiger partial charge is 0.468 e. The molecule has 4 nitrogen and oxygen atoms in total. The number of rotatable bonds is 5. The van der Waals surface area contributed by atoms with Crippen LogP contribution in [-0.2, 0) is 19.1 Å². The van der Waals surface area contributed by atoms with Crippen molar-refractivity contribution in [3.8, 4) is 0 Å². The molecule has 4 heteroatoms. The van der Waals surface area contributed by atoms with Gasteiger partial charge >= 0.3 is 11.9 Å². The van der Waals surface area contributed by atoms with E-state index in [1.807, 2.05) is 0 Å². The Morgan fingerprint density at radius 2 is 1.60 bits per heavy atom.